The molecule has 0 bridgehead atoms. The third-order valence-corrected chi connectivity index (χ3v) is 5.12. The predicted molar refractivity (Wildman–Crippen MR) is 104 cm³/mol. The Bertz CT molecular complexity index is 770. The normalized spacial score (nSPS) is 28.5. The van der Waals surface area contributed by atoms with Gasteiger partial charge in [-0.2, -0.15) is 0 Å². The van der Waals surface area contributed by atoms with Gasteiger partial charge in [0.05, 0.1) is 5.92 Å². The first-order valence-corrected chi connectivity index (χ1v) is 9.38. The molecule has 28 heavy (non-hydrogen) atoms. The summed E-state index contributed by atoms with van der Waals surface area (Å²) in [6.45, 7) is 12.4. The quantitative estimate of drug-likeness (QED) is 0.318. The highest BCUT2D eigenvalue weighted by molar-refractivity contribution is 5.92. The van der Waals surface area contributed by atoms with E-state index in [-0.39, 0.29) is 11.5 Å². The lowest BCUT2D eigenvalue weighted by Gasteiger charge is -2.28. The minimum atomic E-state index is -0.632. The van der Waals surface area contributed by atoms with Gasteiger partial charge in [0.2, 0.25) is 0 Å². The Hall–Kier alpha value is -2.63. The van der Waals surface area contributed by atoms with Crippen LogP contribution in [-0.2, 0) is 28.6 Å². The van der Waals surface area contributed by atoms with Crippen molar-refractivity contribution in [3.05, 3.63) is 47.1 Å². The van der Waals surface area contributed by atoms with Crippen LogP contribution in [0.1, 0.15) is 47.5 Å². The molecule has 0 aromatic carbocycles. The van der Waals surface area contributed by atoms with Crippen LogP contribution in [0.25, 0.3) is 0 Å². The molecule has 1 fully saturated rings. The van der Waals surface area contributed by atoms with E-state index < -0.39 is 36.2 Å². The van der Waals surface area contributed by atoms with Crippen molar-refractivity contribution in [1.82, 2.24) is 0 Å². The van der Waals surface area contributed by atoms with E-state index in [0.717, 1.165) is 11.1 Å². The molecule has 2 aliphatic rings. The Morgan fingerprint density at radius 3 is 2.54 bits per heavy atom. The molecule has 0 radical (unpaired) electrons. The Kier molecular flexibility index (Phi) is 7.00. The predicted octanol–water partition coefficient (Wildman–Crippen LogP) is 3.58. The summed E-state index contributed by atoms with van der Waals surface area (Å²) in [5.41, 5.74) is 2.51. The van der Waals surface area contributed by atoms with Gasteiger partial charge in [0.25, 0.3) is 0 Å². The molecule has 1 saturated heterocycles. The molecule has 4 unspecified atom stereocenters. The summed E-state index contributed by atoms with van der Waals surface area (Å²) >= 11 is 0. The maximum atomic E-state index is 12.4. The molecule has 6 nitrogen and oxygen atoms in total. The lowest BCUT2D eigenvalue weighted by atomic mass is 9.85. The fourth-order valence-corrected chi connectivity index (χ4v) is 3.37. The van der Waals surface area contributed by atoms with Crippen LogP contribution in [0.15, 0.2) is 47.1 Å². The first kappa shape index (κ1) is 21.7. The molecule has 0 saturated carbocycles. The second kappa shape index (κ2) is 9.04. The number of carbonyl (C=O) groups excluding carboxylic acids is 3. The van der Waals surface area contributed by atoms with Crippen LogP contribution in [0.5, 0.6) is 0 Å². The van der Waals surface area contributed by atoms with E-state index in [1.165, 1.54) is 6.92 Å². The van der Waals surface area contributed by atoms with Gasteiger partial charge < -0.3 is 14.2 Å². The second-order valence-electron chi connectivity index (χ2n) is 7.34. The van der Waals surface area contributed by atoms with Gasteiger partial charge in [-0.05, 0) is 39.3 Å². The number of esters is 3. The molecule has 2 rings (SSSR count). The molecular weight excluding hydrogens is 360 g/mol. The van der Waals surface area contributed by atoms with Crippen molar-refractivity contribution in [2.75, 3.05) is 0 Å². The third kappa shape index (κ3) is 5.00. The molecule has 4 atom stereocenters. The van der Waals surface area contributed by atoms with Crippen LogP contribution in [0.3, 0.4) is 0 Å². The summed E-state index contributed by atoms with van der Waals surface area (Å²) in [5.74, 6) is -1.82. The van der Waals surface area contributed by atoms with Gasteiger partial charge >= 0.3 is 17.9 Å². The van der Waals surface area contributed by atoms with E-state index in [4.69, 9.17) is 14.2 Å². The van der Waals surface area contributed by atoms with E-state index in [0.29, 0.717) is 18.4 Å². The van der Waals surface area contributed by atoms with Gasteiger partial charge in [-0.1, -0.05) is 24.3 Å². The van der Waals surface area contributed by atoms with Crippen LogP contribution in [-0.4, -0.2) is 36.2 Å². The Morgan fingerprint density at radius 2 is 1.93 bits per heavy atom. The summed E-state index contributed by atoms with van der Waals surface area (Å²) in [5, 5.41) is 0. The highest BCUT2D eigenvalue weighted by Crippen LogP contribution is 2.36. The maximum absolute atomic E-state index is 12.4. The van der Waals surface area contributed by atoms with Crippen LogP contribution in [0.2, 0.25) is 0 Å². The molecule has 0 spiro atoms. The first-order chi connectivity index (χ1) is 13.1. The molecule has 0 aromatic rings. The summed E-state index contributed by atoms with van der Waals surface area (Å²) in [6.07, 6.45) is 4.69. The SMILES string of the molecule is C=C1C(=O)OC2C=C(C)C(OC(C)=O)CC=C(C)CC(OC(=O)C(C)=CC)C12. The fraction of sp³-hybridized carbons (Fsp3) is 0.500. The standard InChI is InChI=1S/C22H28O6/c1-7-13(3)21(24)27-18-10-12(2)8-9-17(26-16(6)23)14(4)11-19-20(18)15(5)22(25)28-19/h7-8,11,17-20H,5,9-10H2,1-4,6H3. The van der Waals surface area contributed by atoms with E-state index in [1.54, 1.807) is 26.0 Å². The Balaban J connectivity index is 2.44. The lowest BCUT2D eigenvalue weighted by Crippen LogP contribution is -2.34. The van der Waals surface area contributed by atoms with Gasteiger partial charge in [0.1, 0.15) is 18.3 Å². The van der Waals surface area contributed by atoms with Gasteiger partial charge in [0.15, 0.2) is 0 Å². The fourth-order valence-electron chi connectivity index (χ4n) is 3.37. The van der Waals surface area contributed by atoms with Crippen molar-refractivity contribution in [2.24, 2.45) is 5.92 Å². The highest BCUT2D eigenvalue weighted by atomic mass is 16.6. The van der Waals surface area contributed by atoms with Crippen molar-refractivity contribution >= 4 is 17.9 Å². The summed E-state index contributed by atoms with van der Waals surface area (Å²) in [4.78, 5) is 36.0. The molecule has 0 aromatic heterocycles. The minimum Gasteiger partial charge on any atom is -0.458 e. The van der Waals surface area contributed by atoms with Crippen LogP contribution >= 0.6 is 0 Å². The summed E-state index contributed by atoms with van der Waals surface area (Å²) in [7, 11) is 0. The van der Waals surface area contributed by atoms with E-state index in [1.807, 2.05) is 19.9 Å². The zero-order valence-corrected chi connectivity index (χ0v) is 17.1. The van der Waals surface area contributed by atoms with E-state index in [2.05, 4.69) is 6.58 Å². The molecular formula is C22H28O6. The zero-order valence-electron chi connectivity index (χ0n) is 17.1. The van der Waals surface area contributed by atoms with Crippen LogP contribution < -0.4 is 0 Å². The number of hydrogen-bond donors (Lipinski definition) is 0. The topological polar surface area (TPSA) is 78.9 Å². The highest BCUT2D eigenvalue weighted by Gasteiger charge is 2.44. The van der Waals surface area contributed by atoms with Crippen molar-refractivity contribution in [1.29, 1.82) is 0 Å². The van der Waals surface area contributed by atoms with Crippen molar-refractivity contribution in [3.8, 4) is 0 Å². The van der Waals surface area contributed by atoms with Gasteiger partial charge in [-0.3, -0.25) is 4.79 Å². The molecule has 1 aliphatic carbocycles. The zero-order chi connectivity index (χ0) is 21.0. The summed E-state index contributed by atoms with van der Waals surface area (Å²) < 4.78 is 16.7. The Labute approximate surface area is 165 Å². The van der Waals surface area contributed by atoms with Gasteiger partial charge in [-0.15, -0.1) is 0 Å². The second-order valence-corrected chi connectivity index (χ2v) is 7.34. The molecule has 6 heteroatoms. The monoisotopic (exact) mass is 388 g/mol. The molecule has 0 amide bonds. The molecule has 152 valence electrons. The average Bonchev–Trinajstić information content (AvgIpc) is 2.89. The third-order valence-electron chi connectivity index (χ3n) is 5.12. The first-order valence-electron chi connectivity index (χ1n) is 9.38. The van der Waals surface area contributed by atoms with Crippen molar-refractivity contribution in [3.63, 3.8) is 0 Å². The Morgan fingerprint density at radius 1 is 1.25 bits per heavy atom. The minimum absolute atomic E-state index is 0.280. The van der Waals surface area contributed by atoms with Crippen LogP contribution in [0.4, 0.5) is 0 Å². The number of allylic oxidation sites excluding steroid dienone is 1. The molecule has 1 heterocycles. The number of ether oxygens (including phenoxy) is 3. The maximum Gasteiger partial charge on any atom is 0.334 e. The van der Waals surface area contributed by atoms with Crippen molar-refractivity contribution in [2.45, 2.75) is 65.8 Å². The smallest absolute Gasteiger partial charge is 0.334 e. The van der Waals surface area contributed by atoms with Crippen LogP contribution in [0, 0.1) is 5.92 Å². The lowest BCUT2D eigenvalue weighted by molar-refractivity contribution is -0.148. The summed E-state index contributed by atoms with van der Waals surface area (Å²) in [6, 6.07) is 0. The largest absolute Gasteiger partial charge is 0.458 e. The van der Waals surface area contributed by atoms with Crippen molar-refractivity contribution < 1.29 is 28.6 Å². The number of rotatable bonds is 3. The van der Waals surface area contributed by atoms with Gasteiger partial charge in [-0.25, -0.2) is 9.59 Å². The molecule has 0 N–H and O–H groups in total. The average molecular weight is 388 g/mol. The number of carbonyl (C=O) groups is 3. The number of hydrogen-bond acceptors (Lipinski definition) is 6. The molecule has 1 aliphatic heterocycles. The number of fused-ring (bicyclic) bond motifs is 1. The van der Waals surface area contributed by atoms with E-state index >= 15 is 0 Å². The van der Waals surface area contributed by atoms with E-state index in [9.17, 15) is 14.4 Å². The van der Waals surface area contributed by atoms with Gasteiger partial charge in [0, 0.05) is 30.9 Å².